The van der Waals surface area contributed by atoms with Gasteiger partial charge in [0.1, 0.15) is 5.60 Å². The van der Waals surface area contributed by atoms with E-state index in [0.29, 0.717) is 29.5 Å². The molecule has 0 saturated heterocycles. The Kier molecular flexibility index (Phi) is 7.00. The third-order valence-corrected chi connectivity index (χ3v) is 10.2. The van der Waals surface area contributed by atoms with Gasteiger partial charge in [-0.15, -0.1) is 5.92 Å². The molecule has 4 saturated carbocycles. The summed E-state index contributed by atoms with van der Waals surface area (Å²) in [6.45, 7) is 6.96. The van der Waals surface area contributed by atoms with Crippen LogP contribution in [0, 0.1) is 46.3 Å². The van der Waals surface area contributed by atoms with Crippen molar-refractivity contribution in [3.63, 3.8) is 0 Å². The van der Waals surface area contributed by atoms with Gasteiger partial charge in [0, 0.05) is 20.5 Å². The minimum Gasteiger partial charge on any atom is -0.466 e. The van der Waals surface area contributed by atoms with Gasteiger partial charge in [-0.1, -0.05) is 19.8 Å². The maximum Gasteiger partial charge on any atom is 0.302 e. The summed E-state index contributed by atoms with van der Waals surface area (Å²) in [5.41, 5.74) is -0.0899. The first-order valence-corrected chi connectivity index (χ1v) is 13.1. The normalized spacial score (nSPS) is 45.1. The van der Waals surface area contributed by atoms with Crippen LogP contribution in [-0.4, -0.2) is 36.5 Å². The van der Waals surface area contributed by atoms with Crippen molar-refractivity contribution in [3.8, 4) is 11.8 Å². The number of hydrogen-bond donors (Lipinski definition) is 1. The zero-order chi connectivity index (χ0) is 23.0. The predicted molar refractivity (Wildman–Crippen MR) is 126 cm³/mol. The Bertz CT molecular complexity index is 752. The highest BCUT2D eigenvalue weighted by Crippen LogP contribution is 2.67. The van der Waals surface area contributed by atoms with Crippen LogP contribution in [0.25, 0.3) is 0 Å². The van der Waals surface area contributed by atoms with E-state index in [-0.39, 0.29) is 5.97 Å². The molecule has 0 bridgehead atoms. The second-order valence-electron chi connectivity index (χ2n) is 11.8. The number of aliphatic hydroxyl groups is 1. The molecule has 0 heterocycles. The maximum absolute atomic E-state index is 11.3. The lowest BCUT2D eigenvalue weighted by atomic mass is 9.44. The van der Waals surface area contributed by atoms with Crippen molar-refractivity contribution in [2.75, 3.05) is 13.7 Å². The molecule has 4 fully saturated rings. The van der Waals surface area contributed by atoms with Crippen molar-refractivity contribution in [2.45, 2.75) is 110 Å². The molecule has 4 rings (SSSR count). The Labute approximate surface area is 195 Å². The van der Waals surface area contributed by atoms with Gasteiger partial charge >= 0.3 is 5.97 Å². The number of hydrogen-bond acceptors (Lipinski definition) is 4. The van der Waals surface area contributed by atoms with Crippen molar-refractivity contribution in [2.24, 2.45) is 34.5 Å². The molecule has 0 aromatic carbocycles. The Morgan fingerprint density at radius 1 is 1.00 bits per heavy atom. The molecule has 0 unspecified atom stereocenters. The smallest absolute Gasteiger partial charge is 0.302 e. The average molecular weight is 445 g/mol. The topological polar surface area (TPSA) is 55.8 Å². The van der Waals surface area contributed by atoms with Crippen LogP contribution in [-0.2, 0) is 14.3 Å². The standard InChI is InChI=1S/C28H44O4/c1-20(29)32-18-8-6-5-7-14-28(30)17-16-26(2)21(19-28)9-10-22-23-11-12-25(31-4)27(23,3)15-13-24(22)26/h21-25,30H,5-6,8-13,15-19H2,1-4H3/t21-,22+,23+,24+,25+,26+,27+,28-/m1/s1. The predicted octanol–water partition coefficient (Wildman–Crippen LogP) is 5.51. The molecule has 4 aliphatic carbocycles. The van der Waals surface area contributed by atoms with E-state index in [1.165, 1.54) is 45.4 Å². The Hall–Kier alpha value is -1.05. The maximum atomic E-state index is 11.3. The second-order valence-corrected chi connectivity index (χ2v) is 11.8. The summed E-state index contributed by atoms with van der Waals surface area (Å²) in [6, 6.07) is 0. The average Bonchev–Trinajstić information content (AvgIpc) is 3.10. The number of esters is 1. The van der Waals surface area contributed by atoms with Crippen LogP contribution in [0.4, 0.5) is 0 Å². The fourth-order valence-corrected chi connectivity index (χ4v) is 8.46. The first-order chi connectivity index (χ1) is 15.2. The molecule has 0 radical (unpaired) electrons. The Morgan fingerprint density at radius 2 is 1.78 bits per heavy atom. The van der Waals surface area contributed by atoms with Crippen LogP contribution in [0.15, 0.2) is 0 Å². The molecule has 8 atom stereocenters. The first kappa shape index (κ1) is 24.1. The zero-order valence-corrected chi connectivity index (χ0v) is 20.8. The number of methoxy groups -OCH3 is 1. The van der Waals surface area contributed by atoms with E-state index in [9.17, 15) is 9.90 Å². The zero-order valence-electron chi connectivity index (χ0n) is 20.8. The Morgan fingerprint density at radius 3 is 2.53 bits per heavy atom. The molecule has 0 aromatic heterocycles. The number of carbonyl (C=O) groups excluding carboxylic acids is 1. The van der Waals surface area contributed by atoms with E-state index >= 15 is 0 Å². The van der Waals surface area contributed by atoms with Crippen LogP contribution in [0.3, 0.4) is 0 Å². The quantitative estimate of drug-likeness (QED) is 0.345. The SMILES string of the molecule is CO[C@H]1CC[C@H]2[C@@H]3CC[C@@H]4C[C@@](O)(C#CCCCCOC(C)=O)CC[C@]4(C)[C@H]3CC[C@]12C. The van der Waals surface area contributed by atoms with Crippen molar-refractivity contribution >= 4 is 5.97 Å². The van der Waals surface area contributed by atoms with Crippen molar-refractivity contribution in [1.82, 2.24) is 0 Å². The fraction of sp³-hybridized carbons (Fsp3) is 0.893. The van der Waals surface area contributed by atoms with Crippen LogP contribution in [0.1, 0.15) is 97.8 Å². The van der Waals surface area contributed by atoms with Gasteiger partial charge in [-0.2, -0.15) is 0 Å². The summed E-state index contributed by atoms with van der Waals surface area (Å²) in [5, 5.41) is 11.3. The molecule has 1 N–H and O–H groups in total. The van der Waals surface area contributed by atoms with E-state index in [1.807, 2.05) is 7.11 Å². The van der Waals surface area contributed by atoms with Crippen LogP contribution < -0.4 is 0 Å². The minimum atomic E-state index is -0.815. The van der Waals surface area contributed by atoms with Crippen molar-refractivity contribution in [3.05, 3.63) is 0 Å². The van der Waals surface area contributed by atoms with Gasteiger partial charge in [0.2, 0.25) is 0 Å². The summed E-state index contributed by atoms with van der Waals surface area (Å²) < 4.78 is 10.9. The number of unbranched alkanes of at least 4 members (excludes halogenated alkanes) is 2. The first-order valence-electron chi connectivity index (χ1n) is 13.1. The molecule has 0 aliphatic heterocycles. The molecule has 0 amide bonds. The van der Waals surface area contributed by atoms with Gasteiger partial charge in [-0.3, -0.25) is 4.79 Å². The minimum absolute atomic E-state index is 0.223. The highest BCUT2D eigenvalue weighted by Gasteiger charge is 2.61. The lowest BCUT2D eigenvalue weighted by molar-refractivity contribution is -0.146. The number of ether oxygens (including phenoxy) is 2. The number of fused-ring (bicyclic) bond motifs is 5. The highest BCUT2D eigenvalue weighted by atomic mass is 16.5. The lowest BCUT2D eigenvalue weighted by Gasteiger charge is -2.61. The second kappa shape index (κ2) is 9.30. The molecular weight excluding hydrogens is 400 g/mol. The molecule has 180 valence electrons. The molecule has 32 heavy (non-hydrogen) atoms. The van der Waals surface area contributed by atoms with E-state index < -0.39 is 5.60 Å². The molecule has 4 nitrogen and oxygen atoms in total. The van der Waals surface area contributed by atoms with E-state index in [0.717, 1.165) is 56.3 Å². The largest absolute Gasteiger partial charge is 0.466 e. The summed E-state index contributed by atoms with van der Waals surface area (Å²) in [4.78, 5) is 10.8. The molecule has 0 spiro atoms. The highest BCUT2D eigenvalue weighted by molar-refractivity contribution is 5.65. The molecular formula is C28H44O4. The van der Waals surface area contributed by atoms with Crippen LogP contribution in [0.2, 0.25) is 0 Å². The summed E-state index contributed by atoms with van der Waals surface area (Å²) in [6.07, 6.45) is 13.5. The van der Waals surface area contributed by atoms with Crippen molar-refractivity contribution < 1.29 is 19.4 Å². The van der Waals surface area contributed by atoms with Crippen LogP contribution in [0.5, 0.6) is 0 Å². The molecule has 4 aliphatic rings. The van der Waals surface area contributed by atoms with Gasteiger partial charge < -0.3 is 14.6 Å². The van der Waals surface area contributed by atoms with Crippen molar-refractivity contribution in [1.29, 1.82) is 0 Å². The fourth-order valence-electron chi connectivity index (χ4n) is 8.46. The van der Waals surface area contributed by atoms with Gasteiger partial charge in [0.15, 0.2) is 0 Å². The third kappa shape index (κ3) is 4.37. The number of rotatable bonds is 5. The monoisotopic (exact) mass is 444 g/mol. The van der Waals surface area contributed by atoms with Gasteiger partial charge in [-0.05, 0) is 105 Å². The summed E-state index contributed by atoms with van der Waals surface area (Å²) in [5.74, 6) is 9.32. The van der Waals surface area contributed by atoms with E-state index in [4.69, 9.17) is 9.47 Å². The van der Waals surface area contributed by atoms with Crippen LogP contribution >= 0.6 is 0 Å². The molecule has 0 aromatic rings. The Balaban J connectivity index is 1.36. The number of carbonyl (C=O) groups is 1. The summed E-state index contributed by atoms with van der Waals surface area (Å²) >= 11 is 0. The van der Waals surface area contributed by atoms with E-state index in [2.05, 4.69) is 25.7 Å². The molecule has 4 heteroatoms. The van der Waals surface area contributed by atoms with Gasteiger partial charge in [-0.25, -0.2) is 0 Å². The lowest BCUT2D eigenvalue weighted by Crippen LogP contribution is -2.56. The van der Waals surface area contributed by atoms with Gasteiger partial charge in [0.25, 0.3) is 0 Å². The third-order valence-electron chi connectivity index (χ3n) is 10.2. The summed E-state index contributed by atoms with van der Waals surface area (Å²) in [7, 11) is 1.91. The van der Waals surface area contributed by atoms with E-state index in [1.54, 1.807) is 0 Å². The van der Waals surface area contributed by atoms with Gasteiger partial charge in [0.05, 0.1) is 12.7 Å².